The molecule has 0 saturated heterocycles. The summed E-state index contributed by atoms with van der Waals surface area (Å²) in [6, 6.07) is 5.24. The molecule has 1 aliphatic rings. The molecule has 4 nitrogen and oxygen atoms in total. The van der Waals surface area contributed by atoms with Gasteiger partial charge in [0.1, 0.15) is 5.75 Å². The Balaban J connectivity index is 2.10. The van der Waals surface area contributed by atoms with E-state index in [0.717, 1.165) is 24.8 Å². The second-order valence-electron chi connectivity index (χ2n) is 4.66. The maximum Gasteiger partial charge on any atom is 0.229 e. The largest absolute Gasteiger partial charge is 0.505 e. The number of hydrogen-bond acceptors (Lipinski definition) is 3. The smallest absolute Gasteiger partial charge is 0.229 e. The van der Waals surface area contributed by atoms with E-state index in [9.17, 15) is 9.90 Å². The van der Waals surface area contributed by atoms with E-state index in [2.05, 4.69) is 5.32 Å². The van der Waals surface area contributed by atoms with Crippen molar-refractivity contribution in [2.24, 2.45) is 11.7 Å². The third-order valence-electron chi connectivity index (χ3n) is 3.40. The van der Waals surface area contributed by atoms with E-state index < -0.39 is 0 Å². The fraction of sp³-hybridized carbons (Fsp3) is 0.462. The van der Waals surface area contributed by atoms with Crippen molar-refractivity contribution in [3.8, 4) is 5.75 Å². The molecule has 0 radical (unpaired) electrons. The molecule has 2 rings (SSSR count). The number of amides is 1. The van der Waals surface area contributed by atoms with Gasteiger partial charge in [-0.15, -0.1) is 0 Å². The standard InChI is InChI=1S/C13H18N2O2/c1-8-4-2-7-11(12(8)16)15-13(17)9-5-3-6-10(9)14/h2,4,7,9-10,16H,3,5-6,14H2,1H3,(H,15,17). The van der Waals surface area contributed by atoms with Gasteiger partial charge in [0.2, 0.25) is 5.91 Å². The minimum absolute atomic E-state index is 0.0537. The molecule has 1 aromatic rings. The van der Waals surface area contributed by atoms with Gasteiger partial charge in [0, 0.05) is 6.04 Å². The van der Waals surface area contributed by atoms with E-state index in [1.54, 1.807) is 25.1 Å². The summed E-state index contributed by atoms with van der Waals surface area (Å²) in [4.78, 5) is 12.0. The van der Waals surface area contributed by atoms with Crippen LogP contribution >= 0.6 is 0 Å². The number of hydrogen-bond donors (Lipinski definition) is 3. The monoisotopic (exact) mass is 234 g/mol. The summed E-state index contributed by atoms with van der Waals surface area (Å²) >= 11 is 0. The molecule has 0 spiro atoms. The Hall–Kier alpha value is -1.55. The number of aromatic hydroxyl groups is 1. The third kappa shape index (κ3) is 2.42. The number of rotatable bonds is 2. The van der Waals surface area contributed by atoms with Crippen molar-refractivity contribution in [1.82, 2.24) is 0 Å². The molecule has 0 aliphatic heterocycles. The maximum atomic E-state index is 12.0. The van der Waals surface area contributed by atoms with Crippen LogP contribution in [0.5, 0.6) is 5.75 Å². The van der Waals surface area contributed by atoms with Crippen LogP contribution in [0.25, 0.3) is 0 Å². The fourth-order valence-corrected chi connectivity index (χ4v) is 2.30. The van der Waals surface area contributed by atoms with Crippen LogP contribution in [-0.2, 0) is 4.79 Å². The highest BCUT2D eigenvalue weighted by atomic mass is 16.3. The van der Waals surface area contributed by atoms with Crippen LogP contribution in [0.15, 0.2) is 18.2 Å². The highest BCUT2D eigenvalue weighted by molar-refractivity contribution is 5.94. The molecule has 92 valence electrons. The summed E-state index contributed by atoms with van der Waals surface area (Å²) in [5.74, 6) is -0.0850. The van der Waals surface area contributed by atoms with Crippen LogP contribution in [0.4, 0.5) is 5.69 Å². The first-order chi connectivity index (χ1) is 8.09. The molecule has 1 aliphatic carbocycles. The van der Waals surface area contributed by atoms with Crippen molar-refractivity contribution in [2.45, 2.75) is 32.2 Å². The molecule has 1 amide bonds. The lowest BCUT2D eigenvalue weighted by molar-refractivity contribution is -0.120. The molecule has 17 heavy (non-hydrogen) atoms. The average Bonchev–Trinajstić information content (AvgIpc) is 2.71. The lowest BCUT2D eigenvalue weighted by Gasteiger charge is -2.16. The molecule has 0 bridgehead atoms. The van der Waals surface area contributed by atoms with Crippen LogP contribution in [0, 0.1) is 12.8 Å². The Bertz CT molecular complexity index is 431. The predicted octanol–water partition coefficient (Wildman–Crippen LogP) is 1.77. The maximum absolute atomic E-state index is 12.0. The number of carbonyl (C=O) groups is 1. The van der Waals surface area contributed by atoms with Crippen molar-refractivity contribution in [2.75, 3.05) is 5.32 Å². The van der Waals surface area contributed by atoms with Crippen LogP contribution in [0.2, 0.25) is 0 Å². The number of phenolic OH excluding ortho intramolecular Hbond substituents is 1. The molecule has 4 heteroatoms. The lowest BCUT2D eigenvalue weighted by atomic mass is 10.0. The normalized spacial score (nSPS) is 23.6. The van der Waals surface area contributed by atoms with E-state index in [-0.39, 0.29) is 23.6 Å². The Morgan fingerprint density at radius 1 is 1.47 bits per heavy atom. The molecule has 1 aromatic carbocycles. The zero-order valence-corrected chi connectivity index (χ0v) is 9.94. The number of phenols is 1. The first-order valence-corrected chi connectivity index (χ1v) is 5.94. The van der Waals surface area contributed by atoms with Gasteiger partial charge in [0.15, 0.2) is 0 Å². The fourth-order valence-electron chi connectivity index (χ4n) is 2.30. The summed E-state index contributed by atoms with van der Waals surface area (Å²) in [5.41, 5.74) is 7.09. The van der Waals surface area contributed by atoms with E-state index >= 15 is 0 Å². The number of aryl methyl sites for hydroxylation is 1. The molecule has 2 unspecified atom stereocenters. The van der Waals surface area contributed by atoms with Gasteiger partial charge in [-0.05, 0) is 31.4 Å². The van der Waals surface area contributed by atoms with Crippen molar-refractivity contribution >= 4 is 11.6 Å². The first-order valence-electron chi connectivity index (χ1n) is 5.94. The van der Waals surface area contributed by atoms with Crippen LogP contribution in [-0.4, -0.2) is 17.1 Å². The van der Waals surface area contributed by atoms with Gasteiger partial charge >= 0.3 is 0 Å². The molecule has 1 saturated carbocycles. The second-order valence-corrected chi connectivity index (χ2v) is 4.66. The summed E-state index contributed by atoms with van der Waals surface area (Å²) < 4.78 is 0. The van der Waals surface area contributed by atoms with Gasteiger partial charge in [0.25, 0.3) is 0 Å². The topological polar surface area (TPSA) is 75.4 Å². The van der Waals surface area contributed by atoms with E-state index in [1.807, 2.05) is 0 Å². The highest BCUT2D eigenvalue weighted by Crippen LogP contribution is 2.29. The SMILES string of the molecule is Cc1cccc(NC(=O)C2CCCC2N)c1O. The predicted molar refractivity (Wildman–Crippen MR) is 66.8 cm³/mol. The van der Waals surface area contributed by atoms with Gasteiger partial charge in [0.05, 0.1) is 11.6 Å². The molecular weight excluding hydrogens is 216 g/mol. The Morgan fingerprint density at radius 2 is 2.24 bits per heavy atom. The van der Waals surface area contributed by atoms with Gasteiger partial charge < -0.3 is 16.2 Å². The molecule has 0 heterocycles. The molecule has 2 atom stereocenters. The van der Waals surface area contributed by atoms with Crippen molar-refractivity contribution in [1.29, 1.82) is 0 Å². The number of carbonyl (C=O) groups excluding carboxylic acids is 1. The van der Waals surface area contributed by atoms with Gasteiger partial charge in [-0.1, -0.05) is 18.6 Å². The number of benzene rings is 1. The van der Waals surface area contributed by atoms with E-state index in [4.69, 9.17) is 5.73 Å². The first kappa shape index (κ1) is 11.9. The Kier molecular flexibility index (Phi) is 3.33. The van der Waals surface area contributed by atoms with Crippen molar-refractivity contribution < 1.29 is 9.90 Å². The summed E-state index contributed by atoms with van der Waals surface area (Å²) in [6.45, 7) is 1.80. The third-order valence-corrected chi connectivity index (χ3v) is 3.40. The summed E-state index contributed by atoms with van der Waals surface area (Å²) in [6.07, 6.45) is 2.73. The van der Waals surface area contributed by atoms with Gasteiger partial charge in [-0.2, -0.15) is 0 Å². The lowest BCUT2D eigenvalue weighted by Crippen LogP contribution is -2.34. The minimum Gasteiger partial charge on any atom is -0.505 e. The summed E-state index contributed by atoms with van der Waals surface area (Å²) in [5, 5.41) is 12.6. The zero-order valence-electron chi connectivity index (χ0n) is 9.94. The van der Waals surface area contributed by atoms with E-state index in [0.29, 0.717) is 5.69 Å². The molecule has 4 N–H and O–H groups in total. The summed E-state index contributed by atoms with van der Waals surface area (Å²) in [7, 11) is 0. The molecular formula is C13H18N2O2. The van der Waals surface area contributed by atoms with E-state index in [1.165, 1.54) is 0 Å². The molecule has 0 aromatic heterocycles. The van der Waals surface area contributed by atoms with Crippen LogP contribution in [0.3, 0.4) is 0 Å². The number of anilines is 1. The Morgan fingerprint density at radius 3 is 2.88 bits per heavy atom. The van der Waals surface area contributed by atoms with Crippen LogP contribution in [0.1, 0.15) is 24.8 Å². The number of nitrogens with one attached hydrogen (secondary N) is 1. The van der Waals surface area contributed by atoms with Crippen molar-refractivity contribution in [3.05, 3.63) is 23.8 Å². The Labute approximate surface area is 101 Å². The minimum atomic E-state index is -0.130. The van der Waals surface area contributed by atoms with Gasteiger partial charge in [-0.25, -0.2) is 0 Å². The van der Waals surface area contributed by atoms with Gasteiger partial charge in [-0.3, -0.25) is 4.79 Å². The quantitative estimate of drug-likeness (QED) is 0.682. The highest BCUT2D eigenvalue weighted by Gasteiger charge is 2.30. The average molecular weight is 234 g/mol. The zero-order chi connectivity index (χ0) is 12.4. The number of para-hydroxylation sites is 1. The van der Waals surface area contributed by atoms with Crippen molar-refractivity contribution in [3.63, 3.8) is 0 Å². The second kappa shape index (κ2) is 4.75. The van der Waals surface area contributed by atoms with Crippen LogP contribution < -0.4 is 11.1 Å². The number of nitrogens with two attached hydrogens (primary N) is 1. The molecule has 1 fully saturated rings.